The second-order valence-electron chi connectivity index (χ2n) is 4.85. The smallest absolute Gasteiger partial charge is 0.285 e. The maximum Gasteiger partial charge on any atom is 0.285 e. The molecule has 0 radical (unpaired) electrons. The van der Waals surface area contributed by atoms with E-state index in [9.17, 15) is 17.6 Å². The number of aldehydes is 1. The van der Waals surface area contributed by atoms with Crippen molar-refractivity contribution in [2.45, 2.75) is 4.90 Å². The van der Waals surface area contributed by atoms with Crippen LogP contribution in [0.2, 0.25) is 5.15 Å². The van der Waals surface area contributed by atoms with Crippen molar-refractivity contribution in [3.05, 3.63) is 75.2 Å². The zero-order chi connectivity index (χ0) is 18.0. The fourth-order valence-electron chi connectivity index (χ4n) is 2.08. The molecule has 25 heavy (non-hydrogen) atoms. The van der Waals surface area contributed by atoms with Crippen molar-refractivity contribution < 1.29 is 17.6 Å². The number of benzene rings is 2. The van der Waals surface area contributed by atoms with Crippen molar-refractivity contribution >= 4 is 39.2 Å². The minimum Gasteiger partial charge on any atom is -0.297 e. The number of nitrogens with zero attached hydrogens (tertiary/aromatic N) is 2. The average molecular weight is 397 g/mol. The van der Waals surface area contributed by atoms with Crippen LogP contribution in [0.3, 0.4) is 0 Å². The zero-order valence-corrected chi connectivity index (χ0v) is 14.9. The summed E-state index contributed by atoms with van der Waals surface area (Å²) in [5, 5.41) is 0.0688. The van der Waals surface area contributed by atoms with Crippen LogP contribution in [0.4, 0.5) is 4.39 Å². The largest absolute Gasteiger partial charge is 0.297 e. The van der Waals surface area contributed by atoms with Crippen molar-refractivity contribution in [1.82, 2.24) is 4.57 Å². The third-order valence-electron chi connectivity index (χ3n) is 3.22. The molecule has 0 saturated heterocycles. The van der Waals surface area contributed by atoms with Gasteiger partial charge in [0.1, 0.15) is 15.8 Å². The predicted octanol–water partition coefficient (Wildman–Crippen LogP) is 3.43. The molecule has 0 atom stereocenters. The molecule has 9 heteroatoms. The highest BCUT2D eigenvalue weighted by molar-refractivity contribution is 7.90. The molecule has 1 heterocycles. The van der Waals surface area contributed by atoms with Gasteiger partial charge in [-0.1, -0.05) is 41.1 Å². The lowest BCUT2D eigenvalue weighted by Crippen LogP contribution is -2.15. The molecular weight excluding hydrogens is 387 g/mol. The minimum absolute atomic E-state index is 0.0163. The Hall–Kier alpha value is -2.29. The maximum atomic E-state index is 13.0. The Kier molecular flexibility index (Phi) is 4.85. The van der Waals surface area contributed by atoms with Gasteiger partial charge in [0, 0.05) is 5.69 Å². The van der Waals surface area contributed by atoms with Crippen LogP contribution in [-0.4, -0.2) is 19.3 Å². The van der Waals surface area contributed by atoms with Crippen LogP contribution in [0.5, 0.6) is 0 Å². The van der Waals surface area contributed by atoms with Gasteiger partial charge in [-0.3, -0.25) is 9.36 Å². The van der Waals surface area contributed by atoms with Gasteiger partial charge in [-0.15, -0.1) is 4.40 Å². The molecule has 0 aliphatic carbocycles. The summed E-state index contributed by atoms with van der Waals surface area (Å²) >= 11 is 7.05. The summed E-state index contributed by atoms with van der Waals surface area (Å²) in [6.07, 6.45) is 0.538. The summed E-state index contributed by atoms with van der Waals surface area (Å²) in [6.45, 7) is 0. The van der Waals surface area contributed by atoms with Crippen molar-refractivity contribution in [3.8, 4) is 5.69 Å². The van der Waals surface area contributed by atoms with E-state index in [2.05, 4.69) is 4.40 Å². The van der Waals surface area contributed by atoms with Gasteiger partial charge in [0.2, 0.25) is 4.80 Å². The molecule has 0 saturated carbocycles. The summed E-state index contributed by atoms with van der Waals surface area (Å²) in [7, 11) is -4.10. The summed E-state index contributed by atoms with van der Waals surface area (Å²) in [5.41, 5.74) is 0.560. The summed E-state index contributed by atoms with van der Waals surface area (Å²) < 4.78 is 43.1. The SMILES string of the molecule is O=Cc1sc(=NS(=O)(=O)c2ccc(F)cc2)n(-c2ccccc2)c1Cl. The molecule has 0 aliphatic heterocycles. The number of aromatic nitrogens is 1. The average Bonchev–Trinajstić information content (AvgIpc) is 2.90. The summed E-state index contributed by atoms with van der Waals surface area (Å²) in [5.74, 6) is -0.555. The van der Waals surface area contributed by atoms with E-state index in [4.69, 9.17) is 11.6 Å². The van der Waals surface area contributed by atoms with Crippen molar-refractivity contribution in [2.75, 3.05) is 0 Å². The third-order valence-corrected chi connectivity index (χ3v) is 6.07. The molecule has 3 aromatic rings. The van der Waals surface area contributed by atoms with Crippen LogP contribution in [-0.2, 0) is 10.0 Å². The predicted molar refractivity (Wildman–Crippen MR) is 93.2 cm³/mol. The van der Waals surface area contributed by atoms with Crippen LogP contribution in [0.15, 0.2) is 63.9 Å². The normalized spacial score (nSPS) is 12.3. The highest BCUT2D eigenvalue weighted by Gasteiger charge is 2.17. The number of carbonyl (C=O) groups excluding carboxylic acids is 1. The van der Waals surface area contributed by atoms with E-state index in [1.807, 2.05) is 0 Å². The number of para-hydroxylation sites is 1. The fraction of sp³-hybridized carbons (Fsp3) is 0. The molecule has 1 aromatic heterocycles. The monoisotopic (exact) mass is 396 g/mol. The Labute approximate surface area is 151 Å². The Bertz CT molecular complexity index is 1090. The zero-order valence-electron chi connectivity index (χ0n) is 12.5. The molecule has 3 rings (SSSR count). The van der Waals surface area contributed by atoms with E-state index in [-0.39, 0.29) is 19.7 Å². The van der Waals surface area contributed by atoms with E-state index >= 15 is 0 Å². The first-order chi connectivity index (χ1) is 11.9. The second-order valence-corrected chi connectivity index (χ2v) is 7.82. The molecule has 0 fully saturated rings. The Morgan fingerprint density at radius 1 is 1.08 bits per heavy atom. The molecule has 0 unspecified atom stereocenters. The van der Waals surface area contributed by atoms with E-state index in [0.29, 0.717) is 12.0 Å². The molecule has 5 nitrogen and oxygen atoms in total. The molecule has 0 bridgehead atoms. The first-order valence-corrected chi connectivity index (χ1v) is 9.54. The van der Waals surface area contributed by atoms with Gasteiger partial charge in [0.05, 0.1) is 4.90 Å². The van der Waals surface area contributed by atoms with Crippen molar-refractivity contribution in [2.24, 2.45) is 4.40 Å². The lowest BCUT2D eigenvalue weighted by molar-refractivity contribution is 0.112. The van der Waals surface area contributed by atoms with E-state index < -0.39 is 15.8 Å². The van der Waals surface area contributed by atoms with E-state index in [0.717, 1.165) is 35.6 Å². The summed E-state index contributed by atoms with van der Waals surface area (Å²) in [4.78, 5) is 11.2. The van der Waals surface area contributed by atoms with Crippen molar-refractivity contribution in [1.29, 1.82) is 0 Å². The maximum absolute atomic E-state index is 13.0. The lowest BCUT2D eigenvalue weighted by Gasteiger charge is -2.04. The van der Waals surface area contributed by atoms with Gasteiger partial charge >= 0.3 is 0 Å². The van der Waals surface area contributed by atoms with E-state index in [1.165, 1.54) is 4.57 Å². The van der Waals surface area contributed by atoms with Gasteiger partial charge < -0.3 is 0 Å². The molecule has 2 aromatic carbocycles. The number of carbonyl (C=O) groups is 1. The molecule has 128 valence electrons. The number of rotatable bonds is 4. The Balaban J connectivity index is 2.25. The van der Waals surface area contributed by atoms with Crippen molar-refractivity contribution in [3.63, 3.8) is 0 Å². The quantitative estimate of drug-likeness (QED) is 0.634. The highest BCUT2D eigenvalue weighted by atomic mass is 35.5. The molecule has 0 aliphatic rings. The molecular formula is C16H10ClFN2O3S2. The van der Waals surface area contributed by atoms with Gasteiger partial charge in [0.25, 0.3) is 10.0 Å². The number of sulfonamides is 1. The van der Waals surface area contributed by atoms with E-state index in [1.54, 1.807) is 30.3 Å². The molecule has 0 N–H and O–H groups in total. The van der Waals surface area contributed by atoms with Gasteiger partial charge in [-0.05, 0) is 36.4 Å². The third kappa shape index (κ3) is 3.55. The van der Waals surface area contributed by atoms with Crippen LogP contribution in [0, 0.1) is 5.82 Å². The minimum atomic E-state index is -4.10. The highest BCUT2D eigenvalue weighted by Crippen LogP contribution is 2.22. The number of hydrogen-bond donors (Lipinski definition) is 0. The van der Waals surface area contributed by atoms with Crippen LogP contribution in [0.1, 0.15) is 9.67 Å². The van der Waals surface area contributed by atoms with Gasteiger partial charge in [-0.25, -0.2) is 4.39 Å². The topological polar surface area (TPSA) is 68.5 Å². The second kappa shape index (κ2) is 6.91. The van der Waals surface area contributed by atoms with Crippen LogP contribution in [0.25, 0.3) is 5.69 Å². The Morgan fingerprint density at radius 2 is 1.72 bits per heavy atom. The molecule has 0 spiro atoms. The van der Waals surface area contributed by atoms with Crippen LogP contribution < -0.4 is 4.80 Å². The Morgan fingerprint density at radius 3 is 2.32 bits per heavy atom. The fourth-order valence-corrected chi connectivity index (χ4v) is 4.49. The first-order valence-electron chi connectivity index (χ1n) is 6.91. The van der Waals surface area contributed by atoms with Gasteiger partial charge in [0.15, 0.2) is 6.29 Å². The number of hydrogen-bond acceptors (Lipinski definition) is 4. The number of halogens is 2. The number of thiazole rings is 1. The van der Waals surface area contributed by atoms with Crippen LogP contribution >= 0.6 is 22.9 Å². The lowest BCUT2D eigenvalue weighted by atomic mass is 10.3. The first kappa shape index (κ1) is 17.5. The van der Waals surface area contributed by atoms with Gasteiger partial charge in [-0.2, -0.15) is 8.42 Å². The standard InChI is InChI=1S/C16H10ClFN2O3S2/c17-15-14(10-21)24-16(20(15)12-4-2-1-3-5-12)19-25(22,23)13-8-6-11(18)7-9-13/h1-10H. The summed E-state index contributed by atoms with van der Waals surface area (Å²) in [6, 6.07) is 13.0. The molecule has 0 amide bonds.